The van der Waals surface area contributed by atoms with Crippen molar-refractivity contribution in [2.75, 3.05) is 11.9 Å². The van der Waals surface area contributed by atoms with Crippen LogP contribution in [0.25, 0.3) is 0 Å². The van der Waals surface area contributed by atoms with Gasteiger partial charge in [-0.15, -0.1) is 0 Å². The second-order valence-corrected chi connectivity index (χ2v) is 6.87. The van der Waals surface area contributed by atoms with E-state index in [0.717, 1.165) is 35.2 Å². The maximum Gasteiger partial charge on any atom is 0.256 e. The molecule has 2 heterocycles. The van der Waals surface area contributed by atoms with E-state index in [4.69, 9.17) is 4.74 Å². The number of aromatic nitrogens is 1. The predicted molar refractivity (Wildman–Crippen MR) is 95.3 cm³/mol. The third-order valence-corrected chi connectivity index (χ3v) is 4.84. The summed E-state index contributed by atoms with van der Waals surface area (Å²) in [6, 6.07) is 9.78. The number of fused-ring (bicyclic) bond motifs is 1. The minimum atomic E-state index is -0.0920. The molecule has 4 heteroatoms. The average molecular weight is 324 g/mol. The van der Waals surface area contributed by atoms with Gasteiger partial charge >= 0.3 is 0 Å². The number of hydrogen-bond donors (Lipinski definition) is 1. The number of benzene rings is 1. The topological polar surface area (TPSA) is 51.2 Å². The Morgan fingerprint density at radius 1 is 1.33 bits per heavy atom. The Balaban J connectivity index is 1.86. The first-order chi connectivity index (χ1) is 11.5. The first-order valence-electron chi connectivity index (χ1n) is 8.47. The SMILES string of the molecule is CCC(C)(C)c1ccccc1C(=O)Nc1cnc2c(c1)COCC2. The van der Waals surface area contributed by atoms with Gasteiger partial charge in [0.15, 0.2) is 0 Å². The van der Waals surface area contributed by atoms with E-state index in [2.05, 4.69) is 31.1 Å². The quantitative estimate of drug-likeness (QED) is 0.921. The van der Waals surface area contributed by atoms with Crippen molar-refractivity contribution in [3.8, 4) is 0 Å². The molecule has 0 fully saturated rings. The predicted octanol–water partition coefficient (Wildman–Crippen LogP) is 4.09. The van der Waals surface area contributed by atoms with Crippen molar-refractivity contribution in [1.29, 1.82) is 0 Å². The maximum absolute atomic E-state index is 12.8. The van der Waals surface area contributed by atoms with E-state index in [9.17, 15) is 4.79 Å². The Morgan fingerprint density at radius 2 is 2.12 bits per heavy atom. The van der Waals surface area contributed by atoms with E-state index >= 15 is 0 Å². The van der Waals surface area contributed by atoms with Gasteiger partial charge in [-0.1, -0.05) is 39.0 Å². The third-order valence-electron chi connectivity index (χ3n) is 4.84. The number of pyridine rings is 1. The Hall–Kier alpha value is -2.20. The number of hydrogen-bond acceptors (Lipinski definition) is 3. The van der Waals surface area contributed by atoms with Crippen LogP contribution in [0.15, 0.2) is 36.5 Å². The number of amides is 1. The van der Waals surface area contributed by atoms with E-state index < -0.39 is 0 Å². The molecule has 0 saturated heterocycles. The molecule has 1 aliphatic heterocycles. The van der Waals surface area contributed by atoms with Crippen molar-refractivity contribution in [3.05, 3.63) is 58.9 Å². The molecule has 1 aromatic heterocycles. The third kappa shape index (κ3) is 3.34. The summed E-state index contributed by atoms with van der Waals surface area (Å²) >= 11 is 0. The molecule has 126 valence electrons. The van der Waals surface area contributed by atoms with Gasteiger partial charge in [0.2, 0.25) is 0 Å². The van der Waals surface area contributed by atoms with Gasteiger partial charge in [-0.25, -0.2) is 0 Å². The van der Waals surface area contributed by atoms with Gasteiger partial charge in [0.05, 0.1) is 25.1 Å². The van der Waals surface area contributed by atoms with Crippen LogP contribution in [0.4, 0.5) is 5.69 Å². The summed E-state index contributed by atoms with van der Waals surface area (Å²) in [5.74, 6) is -0.0920. The second-order valence-electron chi connectivity index (χ2n) is 6.87. The van der Waals surface area contributed by atoms with Gasteiger partial charge in [0, 0.05) is 23.2 Å². The van der Waals surface area contributed by atoms with Crippen LogP contribution in [0.1, 0.15) is 54.4 Å². The van der Waals surface area contributed by atoms with Crippen LogP contribution in [0.3, 0.4) is 0 Å². The molecule has 0 aliphatic carbocycles. The highest BCUT2D eigenvalue weighted by Gasteiger charge is 2.24. The minimum absolute atomic E-state index is 0.0458. The molecule has 4 nitrogen and oxygen atoms in total. The van der Waals surface area contributed by atoms with Crippen molar-refractivity contribution in [1.82, 2.24) is 4.98 Å². The molecular formula is C20H24N2O2. The Kier molecular flexibility index (Phi) is 4.67. The summed E-state index contributed by atoms with van der Waals surface area (Å²) in [6.45, 7) is 7.74. The zero-order valence-electron chi connectivity index (χ0n) is 14.6. The minimum Gasteiger partial charge on any atom is -0.376 e. The average Bonchev–Trinajstić information content (AvgIpc) is 2.61. The van der Waals surface area contributed by atoms with E-state index in [1.54, 1.807) is 6.20 Å². The molecule has 3 rings (SSSR count). The monoisotopic (exact) mass is 324 g/mol. The van der Waals surface area contributed by atoms with Crippen molar-refractivity contribution < 1.29 is 9.53 Å². The maximum atomic E-state index is 12.8. The standard InChI is InChI=1S/C20H24N2O2/c1-4-20(2,3)17-8-6-5-7-16(17)19(23)22-15-11-14-13-24-10-9-18(14)21-12-15/h5-8,11-12H,4,9-10,13H2,1-3H3,(H,22,23). The lowest BCUT2D eigenvalue weighted by atomic mass is 9.79. The summed E-state index contributed by atoms with van der Waals surface area (Å²) in [4.78, 5) is 17.3. The molecule has 2 aromatic rings. The molecular weight excluding hydrogens is 300 g/mol. The number of nitrogens with zero attached hydrogens (tertiary/aromatic N) is 1. The summed E-state index contributed by atoms with van der Waals surface area (Å²) < 4.78 is 5.47. The first-order valence-corrected chi connectivity index (χ1v) is 8.47. The van der Waals surface area contributed by atoms with Crippen LogP contribution in [-0.4, -0.2) is 17.5 Å². The lowest BCUT2D eigenvalue weighted by Crippen LogP contribution is -2.23. The Morgan fingerprint density at radius 3 is 2.92 bits per heavy atom. The summed E-state index contributed by atoms with van der Waals surface area (Å²) in [7, 11) is 0. The van der Waals surface area contributed by atoms with E-state index in [1.807, 2.05) is 30.3 Å². The zero-order valence-corrected chi connectivity index (χ0v) is 14.6. The largest absolute Gasteiger partial charge is 0.376 e. The van der Waals surface area contributed by atoms with Crippen LogP contribution >= 0.6 is 0 Å². The Labute approximate surface area is 143 Å². The van der Waals surface area contributed by atoms with Crippen molar-refractivity contribution in [2.24, 2.45) is 0 Å². The van der Waals surface area contributed by atoms with Crippen LogP contribution in [0.2, 0.25) is 0 Å². The second kappa shape index (κ2) is 6.73. The highest BCUT2D eigenvalue weighted by atomic mass is 16.5. The van der Waals surface area contributed by atoms with E-state index in [0.29, 0.717) is 18.9 Å². The fraction of sp³-hybridized carbons (Fsp3) is 0.400. The van der Waals surface area contributed by atoms with Crippen LogP contribution in [0, 0.1) is 0 Å². The molecule has 24 heavy (non-hydrogen) atoms. The highest BCUT2D eigenvalue weighted by Crippen LogP contribution is 2.30. The number of nitrogens with one attached hydrogen (secondary N) is 1. The number of anilines is 1. The molecule has 0 radical (unpaired) electrons. The molecule has 0 saturated carbocycles. The molecule has 0 bridgehead atoms. The van der Waals surface area contributed by atoms with Gasteiger partial charge in [-0.3, -0.25) is 9.78 Å². The van der Waals surface area contributed by atoms with E-state index in [1.165, 1.54) is 0 Å². The van der Waals surface area contributed by atoms with Gasteiger partial charge in [0.25, 0.3) is 5.91 Å². The van der Waals surface area contributed by atoms with Gasteiger partial charge in [-0.05, 0) is 29.5 Å². The van der Waals surface area contributed by atoms with Crippen molar-refractivity contribution >= 4 is 11.6 Å². The molecule has 0 unspecified atom stereocenters. The smallest absolute Gasteiger partial charge is 0.256 e. The molecule has 0 spiro atoms. The fourth-order valence-electron chi connectivity index (χ4n) is 2.97. The summed E-state index contributed by atoms with van der Waals surface area (Å²) in [6.07, 6.45) is 3.53. The molecule has 1 aromatic carbocycles. The highest BCUT2D eigenvalue weighted by molar-refractivity contribution is 6.05. The number of carbonyl (C=O) groups is 1. The van der Waals surface area contributed by atoms with Crippen LogP contribution < -0.4 is 5.32 Å². The lowest BCUT2D eigenvalue weighted by Gasteiger charge is -2.26. The van der Waals surface area contributed by atoms with Gasteiger partial charge in [0.1, 0.15) is 0 Å². The van der Waals surface area contributed by atoms with Crippen molar-refractivity contribution in [2.45, 2.75) is 45.6 Å². The van der Waals surface area contributed by atoms with Crippen molar-refractivity contribution in [3.63, 3.8) is 0 Å². The lowest BCUT2D eigenvalue weighted by molar-refractivity contribution is 0.102. The molecule has 1 aliphatic rings. The molecule has 1 N–H and O–H groups in total. The Bertz CT molecular complexity index is 753. The van der Waals surface area contributed by atoms with Gasteiger partial charge < -0.3 is 10.1 Å². The van der Waals surface area contributed by atoms with Crippen LogP contribution in [0.5, 0.6) is 0 Å². The van der Waals surface area contributed by atoms with Crippen LogP contribution in [-0.2, 0) is 23.2 Å². The molecule has 1 amide bonds. The number of rotatable bonds is 4. The molecule has 0 atom stereocenters. The van der Waals surface area contributed by atoms with Gasteiger partial charge in [-0.2, -0.15) is 0 Å². The number of ether oxygens (including phenoxy) is 1. The zero-order chi connectivity index (χ0) is 17.2. The normalized spacial score (nSPS) is 14.1. The fourth-order valence-corrected chi connectivity index (χ4v) is 2.97. The summed E-state index contributed by atoms with van der Waals surface area (Å²) in [5.41, 5.74) is 4.58. The number of carbonyl (C=O) groups excluding carboxylic acids is 1. The first kappa shape index (κ1) is 16.7. The summed E-state index contributed by atoms with van der Waals surface area (Å²) in [5, 5.41) is 2.99. The van der Waals surface area contributed by atoms with E-state index in [-0.39, 0.29) is 11.3 Å².